The molecular weight excluding hydrogens is 600 g/mol. The highest BCUT2D eigenvalue weighted by atomic mass is 35.5. The molecule has 0 unspecified atom stereocenters. The lowest BCUT2D eigenvalue weighted by Gasteiger charge is -2.35. The minimum atomic E-state index is -4.17. The van der Waals surface area contributed by atoms with Crippen LogP contribution in [-0.4, -0.2) is 51.8 Å². The number of aryl methyl sites for hydroxylation is 3. The number of nitrogens with one attached hydrogen (secondary N) is 1. The van der Waals surface area contributed by atoms with E-state index in [0.29, 0.717) is 23.5 Å². The molecule has 1 aliphatic heterocycles. The molecule has 3 heterocycles. The Morgan fingerprint density at radius 2 is 1.73 bits per heavy atom. The van der Waals surface area contributed by atoms with Crippen LogP contribution in [0.1, 0.15) is 60.1 Å². The minimum Gasteiger partial charge on any atom is -0.475 e. The second-order valence-corrected chi connectivity index (χ2v) is 14.3. The Morgan fingerprint density at radius 3 is 2.41 bits per heavy atom. The predicted molar refractivity (Wildman–Crippen MR) is 169 cm³/mol. The maximum atomic E-state index is 14.2. The first-order chi connectivity index (χ1) is 20.7. The molecule has 2 aromatic carbocycles. The molecule has 0 saturated heterocycles. The van der Waals surface area contributed by atoms with Gasteiger partial charge in [0.15, 0.2) is 5.15 Å². The standard InChI is InChI=1S/C32H35ClN6O4S/c1-19-9-7-10-20(2)28(19)26-14-27-37-31(36-26)38-44(41,42)25-12-8-11-22(13-25)30(40)39(24(18-43-27)15-32(4,5)6)17-23-16-34-21(3)29(33)35-23/h7-14,16,24H,15,17-18H2,1-6H3,(H,36,37,38)/t24-/m1/s1. The molecule has 230 valence electrons. The zero-order valence-corrected chi connectivity index (χ0v) is 27.1. The summed E-state index contributed by atoms with van der Waals surface area (Å²) in [7, 11) is -4.17. The number of anilines is 1. The molecule has 2 aromatic heterocycles. The van der Waals surface area contributed by atoms with Crippen LogP contribution >= 0.6 is 11.6 Å². The first-order valence-corrected chi connectivity index (χ1v) is 16.1. The molecule has 0 fully saturated rings. The third-order valence-electron chi connectivity index (χ3n) is 7.31. The minimum absolute atomic E-state index is 0.0745. The largest absolute Gasteiger partial charge is 0.475 e. The zero-order chi connectivity index (χ0) is 31.8. The number of halogens is 1. The number of nitrogens with zero attached hydrogens (tertiary/aromatic N) is 5. The van der Waals surface area contributed by atoms with E-state index in [-0.39, 0.29) is 51.9 Å². The lowest BCUT2D eigenvalue weighted by Crippen LogP contribution is -2.45. The summed E-state index contributed by atoms with van der Waals surface area (Å²) >= 11 is 6.30. The molecule has 4 bridgehead atoms. The maximum absolute atomic E-state index is 14.2. The van der Waals surface area contributed by atoms with Crippen LogP contribution in [0.5, 0.6) is 5.88 Å². The highest BCUT2D eigenvalue weighted by Gasteiger charge is 2.32. The van der Waals surface area contributed by atoms with Crippen molar-refractivity contribution in [3.63, 3.8) is 0 Å². The summed E-state index contributed by atoms with van der Waals surface area (Å²) in [5, 5.41) is 0.246. The highest BCUT2D eigenvalue weighted by Crippen LogP contribution is 2.31. The van der Waals surface area contributed by atoms with Gasteiger partial charge in [0, 0.05) is 17.2 Å². The highest BCUT2D eigenvalue weighted by molar-refractivity contribution is 7.92. The molecule has 4 aromatic rings. The number of sulfonamides is 1. The molecule has 5 rings (SSSR count). The fraction of sp³-hybridized carbons (Fsp3) is 0.344. The third kappa shape index (κ3) is 7.00. The summed E-state index contributed by atoms with van der Waals surface area (Å²) in [6, 6.07) is 13.0. The van der Waals surface area contributed by atoms with Crippen molar-refractivity contribution in [1.29, 1.82) is 0 Å². The summed E-state index contributed by atoms with van der Waals surface area (Å²) in [5.41, 5.74) is 4.35. The monoisotopic (exact) mass is 634 g/mol. The van der Waals surface area contributed by atoms with E-state index in [2.05, 4.69) is 45.4 Å². The second-order valence-electron chi connectivity index (χ2n) is 12.2. The lowest BCUT2D eigenvalue weighted by molar-refractivity contribution is 0.0509. The molecule has 0 aliphatic carbocycles. The van der Waals surface area contributed by atoms with Crippen LogP contribution in [0.25, 0.3) is 11.3 Å². The SMILES string of the molecule is Cc1cccc(C)c1-c1cc2nc(n1)NS(=O)(=O)c1cccc(c1)C(=O)N(Cc1cnc(C)c(Cl)n1)[C@H](CC(C)(C)C)CO2. The molecule has 44 heavy (non-hydrogen) atoms. The van der Waals surface area contributed by atoms with Gasteiger partial charge in [-0.05, 0) is 61.9 Å². The Kier molecular flexibility index (Phi) is 8.64. The van der Waals surface area contributed by atoms with Crippen molar-refractivity contribution in [2.45, 2.75) is 65.4 Å². The van der Waals surface area contributed by atoms with Crippen LogP contribution in [0.4, 0.5) is 5.95 Å². The Bertz CT molecular complexity index is 1820. The van der Waals surface area contributed by atoms with E-state index >= 15 is 0 Å². The van der Waals surface area contributed by atoms with Gasteiger partial charge in [-0.1, -0.05) is 56.6 Å². The topological polar surface area (TPSA) is 127 Å². The number of aromatic nitrogens is 4. The Labute approximate surface area is 263 Å². The number of carbonyl (C=O) groups is 1. The lowest BCUT2D eigenvalue weighted by atomic mass is 9.87. The molecule has 0 radical (unpaired) electrons. The Hall–Kier alpha value is -4.09. The molecule has 12 heteroatoms. The first kappa shape index (κ1) is 31.3. The van der Waals surface area contributed by atoms with Gasteiger partial charge in [-0.25, -0.2) is 23.1 Å². The number of hydrogen-bond acceptors (Lipinski definition) is 8. The maximum Gasteiger partial charge on any atom is 0.264 e. The van der Waals surface area contributed by atoms with Crippen molar-refractivity contribution >= 4 is 33.5 Å². The molecule has 10 nitrogen and oxygen atoms in total. The molecule has 1 amide bonds. The first-order valence-electron chi connectivity index (χ1n) is 14.2. The fourth-order valence-corrected chi connectivity index (χ4v) is 6.40. The van der Waals surface area contributed by atoms with Crippen LogP contribution in [0.3, 0.4) is 0 Å². The molecule has 1 N–H and O–H groups in total. The number of fused-ring (bicyclic) bond motifs is 4. The normalized spacial score (nSPS) is 16.7. The van der Waals surface area contributed by atoms with Crippen molar-refractivity contribution in [2.24, 2.45) is 5.41 Å². The molecule has 0 saturated carbocycles. The van der Waals surface area contributed by atoms with Crippen LogP contribution in [0.2, 0.25) is 5.15 Å². The van der Waals surface area contributed by atoms with Gasteiger partial charge in [-0.2, -0.15) is 4.98 Å². The van der Waals surface area contributed by atoms with Gasteiger partial charge < -0.3 is 9.64 Å². The van der Waals surface area contributed by atoms with E-state index in [1.807, 2.05) is 32.0 Å². The molecular formula is C32H35ClN6O4S. The third-order valence-corrected chi connectivity index (χ3v) is 8.99. The van der Waals surface area contributed by atoms with Gasteiger partial charge in [0.2, 0.25) is 11.8 Å². The Morgan fingerprint density at radius 1 is 1.02 bits per heavy atom. The van der Waals surface area contributed by atoms with E-state index in [0.717, 1.165) is 16.7 Å². The van der Waals surface area contributed by atoms with E-state index in [9.17, 15) is 13.2 Å². The predicted octanol–water partition coefficient (Wildman–Crippen LogP) is 6.15. The molecule has 1 atom stereocenters. The average Bonchev–Trinajstić information content (AvgIpc) is 2.94. The van der Waals surface area contributed by atoms with Crippen molar-refractivity contribution in [2.75, 3.05) is 11.3 Å². The smallest absolute Gasteiger partial charge is 0.264 e. The quantitative estimate of drug-likeness (QED) is 0.283. The number of rotatable bonds is 4. The summed E-state index contributed by atoms with van der Waals surface area (Å²) in [5.74, 6) is -0.345. The van der Waals surface area contributed by atoms with E-state index in [4.69, 9.17) is 16.3 Å². The van der Waals surface area contributed by atoms with Crippen LogP contribution < -0.4 is 9.46 Å². The molecule has 0 spiro atoms. The second kappa shape index (κ2) is 12.1. The number of amides is 1. The van der Waals surface area contributed by atoms with E-state index in [1.54, 1.807) is 30.2 Å². The van der Waals surface area contributed by atoms with Crippen molar-refractivity contribution in [1.82, 2.24) is 24.8 Å². The van der Waals surface area contributed by atoms with Gasteiger partial charge in [-0.15, -0.1) is 0 Å². The zero-order valence-electron chi connectivity index (χ0n) is 25.6. The van der Waals surface area contributed by atoms with Gasteiger partial charge in [0.25, 0.3) is 15.9 Å². The number of carbonyl (C=O) groups excluding carboxylic acids is 1. The van der Waals surface area contributed by atoms with E-state index in [1.165, 1.54) is 18.2 Å². The van der Waals surface area contributed by atoms with E-state index < -0.39 is 16.1 Å². The Balaban J connectivity index is 1.68. The average molecular weight is 635 g/mol. The fourth-order valence-electron chi connectivity index (χ4n) is 5.26. The summed E-state index contributed by atoms with van der Waals surface area (Å²) in [4.78, 5) is 33.6. The van der Waals surface area contributed by atoms with Crippen LogP contribution in [0, 0.1) is 26.2 Å². The summed E-state index contributed by atoms with van der Waals surface area (Å²) in [6.07, 6.45) is 2.15. The van der Waals surface area contributed by atoms with Crippen LogP contribution in [0.15, 0.2) is 59.6 Å². The van der Waals surface area contributed by atoms with Gasteiger partial charge in [0.1, 0.15) is 6.61 Å². The number of ether oxygens (including phenoxy) is 1. The summed E-state index contributed by atoms with van der Waals surface area (Å²) in [6.45, 7) is 12.1. The van der Waals surface area contributed by atoms with Gasteiger partial charge >= 0.3 is 0 Å². The van der Waals surface area contributed by atoms with Gasteiger partial charge in [0.05, 0.1) is 40.8 Å². The van der Waals surface area contributed by atoms with Crippen molar-refractivity contribution in [3.8, 4) is 17.1 Å². The summed E-state index contributed by atoms with van der Waals surface area (Å²) < 4.78 is 35.9. The van der Waals surface area contributed by atoms with Crippen LogP contribution in [-0.2, 0) is 16.6 Å². The molecule has 1 aliphatic rings. The van der Waals surface area contributed by atoms with Crippen molar-refractivity contribution in [3.05, 3.63) is 88.0 Å². The number of benzene rings is 2. The van der Waals surface area contributed by atoms with Crippen molar-refractivity contribution < 1.29 is 17.9 Å². The van der Waals surface area contributed by atoms with Gasteiger partial charge in [-0.3, -0.25) is 9.78 Å². The number of hydrogen-bond donors (Lipinski definition) is 1.